The van der Waals surface area contributed by atoms with Crippen LogP contribution < -0.4 is 10.5 Å². The van der Waals surface area contributed by atoms with E-state index in [4.69, 9.17) is 15.7 Å². The summed E-state index contributed by atoms with van der Waals surface area (Å²) in [4.78, 5) is 7.59. The summed E-state index contributed by atoms with van der Waals surface area (Å²) in [6.45, 7) is 0. The monoisotopic (exact) mass is 308 g/mol. The second-order valence-electron chi connectivity index (χ2n) is 3.20. The fourth-order valence-corrected chi connectivity index (χ4v) is 1.53. The molecule has 1 aromatic heterocycles. The van der Waals surface area contributed by atoms with E-state index in [1.165, 1.54) is 24.5 Å². The quantitative estimate of drug-likeness (QED) is 0.921. The summed E-state index contributed by atoms with van der Waals surface area (Å²) >= 11 is 3.15. The number of rotatable bonds is 2. The summed E-state index contributed by atoms with van der Waals surface area (Å²) in [5.41, 5.74) is 5.36. The molecule has 1 aromatic carbocycles. The zero-order chi connectivity index (χ0) is 13.1. The van der Waals surface area contributed by atoms with Gasteiger partial charge in [0.2, 0.25) is 5.88 Å². The molecule has 0 unspecified atom stereocenters. The van der Waals surface area contributed by atoms with Gasteiger partial charge in [-0.2, -0.15) is 5.26 Å². The second-order valence-corrected chi connectivity index (χ2v) is 4.00. The third-order valence-corrected chi connectivity index (χ3v) is 2.82. The van der Waals surface area contributed by atoms with E-state index in [0.717, 1.165) is 0 Å². The maximum atomic E-state index is 13.4. The van der Waals surface area contributed by atoms with Gasteiger partial charge in [-0.15, -0.1) is 0 Å². The molecule has 2 aromatic rings. The van der Waals surface area contributed by atoms with Gasteiger partial charge >= 0.3 is 0 Å². The standard InChI is InChI=1S/C11H6BrFN4O/c12-9-10(15)16-5-17-11(9)18-8-3-1-2-7(13)6(8)4-14/h1-3,5H,(H2,15,16,17). The molecule has 2 rings (SSSR count). The first kappa shape index (κ1) is 12.3. The molecule has 0 amide bonds. The maximum absolute atomic E-state index is 13.4. The Balaban J connectivity index is 2.44. The minimum atomic E-state index is -0.659. The SMILES string of the molecule is N#Cc1c(F)cccc1Oc1ncnc(N)c1Br. The first-order valence-corrected chi connectivity index (χ1v) is 5.55. The zero-order valence-corrected chi connectivity index (χ0v) is 10.5. The minimum absolute atomic E-state index is 0.0660. The Kier molecular flexibility index (Phi) is 3.39. The van der Waals surface area contributed by atoms with Crippen molar-refractivity contribution in [2.24, 2.45) is 0 Å². The van der Waals surface area contributed by atoms with Crippen LogP contribution >= 0.6 is 15.9 Å². The van der Waals surface area contributed by atoms with Gasteiger partial charge in [0.1, 0.15) is 39.8 Å². The number of nitrogens with zero attached hydrogens (tertiary/aromatic N) is 3. The highest BCUT2D eigenvalue weighted by Gasteiger charge is 2.13. The average Bonchev–Trinajstić information content (AvgIpc) is 2.35. The lowest BCUT2D eigenvalue weighted by Crippen LogP contribution is -1.98. The normalized spacial score (nSPS) is 9.83. The highest BCUT2D eigenvalue weighted by atomic mass is 79.9. The average molecular weight is 309 g/mol. The largest absolute Gasteiger partial charge is 0.436 e. The van der Waals surface area contributed by atoms with E-state index in [1.54, 1.807) is 6.07 Å². The van der Waals surface area contributed by atoms with Crippen molar-refractivity contribution in [2.45, 2.75) is 0 Å². The predicted octanol–water partition coefficient (Wildman–Crippen LogP) is 2.62. The molecule has 0 aliphatic rings. The van der Waals surface area contributed by atoms with Crippen molar-refractivity contribution in [2.75, 3.05) is 5.73 Å². The lowest BCUT2D eigenvalue weighted by Gasteiger charge is -2.08. The molecule has 1 heterocycles. The van der Waals surface area contributed by atoms with E-state index in [9.17, 15) is 4.39 Å². The Morgan fingerprint density at radius 1 is 1.39 bits per heavy atom. The van der Waals surface area contributed by atoms with Gasteiger partial charge < -0.3 is 10.5 Å². The first-order valence-electron chi connectivity index (χ1n) is 4.76. The molecule has 0 atom stereocenters. The van der Waals surface area contributed by atoms with Crippen molar-refractivity contribution >= 4 is 21.7 Å². The lowest BCUT2D eigenvalue weighted by molar-refractivity contribution is 0.452. The summed E-state index contributed by atoms with van der Waals surface area (Å²) in [5.74, 6) is -0.288. The number of benzene rings is 1. The van der Waals surface area contributed by atoms with Crippen LogP contribution in [0, 0.1) is 17.1 Å². The van der Waals surface area contributed by atoms with Crippen LogP contribution in [0.4, 0.5) is 10.2 Å². The summed E-state index contributed by atoms with van der Waals surface area (Å²) in [7, 11) is 0. The van der Waals surface area contributed by atoms with Gasteiger partial charge in [-0.3, -0.25) is 0 Å². The number of hydrogen-bond acceptors (Lipinski definition) is 5. The highest BCUT2D eigenvalue weighted by molar-refractivity contribution is 9.10. The summed E-state index contributed by atoms with van der Waals surface area (Å²) in [6, 6.07) is 5.80. The Morgan fingerprint density at radius 3 is 2.89 bits per heavy atom. The van der Waals surface area contributed by atoms with E-state index < -0.39 is 5.82 Å². The fraction of sp³-hybridized carbons (Fsp3) is 0. The van der Waals surface area contributed by atoms with E-state index >= 15 is 0 Å². The van der Waals surface area contributed by atoms with Gasteiger partial charge in [-0.1, -0.05) is 6.07 Å². The van der Waals surface area contributed by atoms with E-state index in [-0.39, 0.29) is 23.0 Å². The van der Waals surface area contributed by atoms with Gasteiger partial charge in [0.25, 0.3) is 0 Å². The molecule has 5 nitrogen and oxygen atoms in total. The molecule has 0 saturated carbocycles. The van der Waals surface area contributed by atoms with Crippen molar-refractivity contribution in [3.63, 3.8) is 0 Å². The number of ether oxygens (including phenoxy) is 1. The summed E-state index contributed by atoms with van der Waals surface area (Å²) in [6.07, 6.45) is 1.21. The molecule has 18 heavy (non-hydrogen) atoms. The van der Waals surface area contributed by atoms with Crippen LogP contribution in [0.5, 0.6) is 11.6 Å². The van der Waals surface area contributed by atoms with Crippen molar-refractivity contribution in [3.05, 3.63) is 40.4 Å². The molecule has 7 heteroatoms. The molecule has 0 aliphatic heterocycles. The van der Waals surface area contributed by atoms with E-state index in [1.807, 2.05) is 0 Å². The number of anilines is 1. The summed E-state index contributed by atoms with van der Waals surface area (Å²) in [5, 5.41) is 8.86. The number of nitrogens with two attached hydrogens (primary N) is 1. The molecular weight excluding hydrogens is 303 g/mol. The Morgan fingerprint density at radius 2 is 2.17 bits per heavy atom. The van der Waals surface area contributed by atoms with Crippen LogP contribution in [-0.4, -0.2) is 9.97 Å². The van der Waals surface area contributed by atoms with Crippen LogP contribution in [-0.2, 0) is 0 Å². The van der Waals surface area contributed by atoms with Gasteiger partial charge in [0.05, 0.1) is 0 Å². The third kappa shape index (κ3) is 2.24. The van der Waals surface area contributed by atoms with Crippen molar-refractivity contribution in [1.29, 1.82) is 5.26 Å². The fourth-order valence-electron chi connectivity index (χ4n) is 1.24. The van der Waals surface area contributed by atoms with Crippen LogP contribution in [0.1, 0.15) is 5.56 Å². The second kappa shape index (κ2) is 4.98. The Labute approximate surface area is 110 Å². The number of nitriles is 1. The molecular formula is C11H6BrFN4O. The van der Waals surface area contributed by atoms with Crippen molar-refractivity contribution < 1.29 is 9.13 Å². The topological polar surface area (TPSA) is 84.8 Å². The number of nitrogen functional groups attached to an aromatic ring is 1. The number of halogens is 2. The zero-order valence-electron chi connectivity index (χ0n) is 8.89. The minimum Gasteiger partial charge on any atom is -0.436 e. The first-order chi connectivity index (χ1) is 8.63. The maximum Gasteiger partial charge on any atom is 0.238 e. The van der Waals surface area contributed by atoms with E-state index in [0.29, 0.717) is 4.47 Å². The Bertz CT molecular complexity index is 641. The van der Waals surface area contributed by atoms with Gasteiger partial charge in [0, 0.05) is 0 Å². The van der Waals surface area contributed by atoms with Crippen LogP contribution in [0.25, 0.3) is 0 Å². The molecule has 2 N–H and O–H groups in total. The molecule has 0 spiro atoms. The van der Waals surface area contributed by atoms with Gasteiger partial charge in [0.15, 0.2) is 0 Å². The van der Waals surface area contributed by atoms with Crippen LogP contribution in [0.15, 0.2) is 29.0 Å². The Hall–Kier alpha value is -2.20. The van der Waals surface area contributed by atoms with Gasteiger partial charge in [-0.05, 0) is 28.1 Å². The molecule has 0 bridgehead atoms. The molecule has 90 valence electrons. The summed E-state index contributed by atoms with van der Waals surface area (Å²) < 4.78 is 19.1. The van der Waals surface area contributed by atoms with Gasteiger partial charge in [-0.25, -0.2) is 14.4 Å². The van der Waals surface area contributed by atoms with Crippen molar-refractivity contribution in [1.82, 2.24) is 9.97 Å². The number of hydrogen-bond donors (Lipinski definition) is 1. The molecule has 0 saturated heterocycles. The predicted molar refractivity (Wildman–Crippen MR) is 65.3 cm³/mol. The van der Waals surface area contributed by atoms with E-state index in [2.05, 4.69) is 25.9 Å². The number of aromatic nitrogens is 2. The molecule has 0 radical (unpaired) electrons. The third-order valence-electron chi connectivity index (χ3n) is 2.08. The molecule has 0 aliphatic carbocycles. The van der Waals surface area contributed by atoms with Crippen LogP contribution in [0.3, 0.4) is 0 Å². The van der Waals surface area contributed by atoms with Crippen molar-refractivity contribution in [3.8, 4) is 17.7 Å². The highest BCUT2D eigenvalue weighted by Crippen LogP contribution is 2.32. The molecule has 0 fully saturated rings. The lowest BCUT2D eigenvalue weighted by atomic mass is 10.2. The van der Waals surface area contributed by atoms with Crippen LogP contribution in [0.2, 0.25) is 0 Å². The smallest absolute Gasteiger partial charge is 0.238 e.